The van der Waals surface area contributed by atoms with Gasteiger partial charge >= 0.3 is 5.97 Å². The van der Waals surface area contributed by atoms with E-state index in [0.29, 0.717) is 48.1 Å². The highest BCUT2D eigenvalue weighted by Gasteiger charge is 2.38. The second kappa shape index (κ2) is 42.2. The number of amides is 13. The van der Waals surface area contributed by atoms with Crippen LogP contribution in [0.2, 0.25) is 0 Å². The van der Waals surface area contributed by atoms with Crippen molar-refractivity contribution in [3.05, 3.63) is 71.9 Å². The lowest BCUT2D eigenvalue weighted by Crippen LogP contribution is -2.62. The number of unbranched alkanes of at least 4 members (excludes halogenated alkanes) is 3. The third-order valence-corrected chi connectivity index (χ3v) is 16.1. The van der Waals surface area contributed by atoms with E-state index < -0.39 is 193 Å². The molecule has 0 saturated heterocycles. The Morgan fingerprint density at radius 2 is 0.939 bits per heavy atom. The number of nitrogens with two attached hydrogens (primary N) is 4. The number of fused-ring (bicyclic) bond motifs is 1. The van der Waals surface area contributed by atoms with E-state index in [9.17, 15) is 82.4 Å². The first-order valence-electron chi connectivity index (χ1n) is 33.0. The van der Waals surface area contributed by atoms with Gasteiger partial charge in [0, 0.05) is 29.9 Å². The van der Waals surface area contributed by atoms with Crippen molar-refractivity contribution in [2.24, 2.45) is 40.7 Å². The number of aromatic nitrogens is 1. The summed E-state index contributed by atoms with van der Waals surface area (Å²) in [6.07, 6.45) is -0.0976. The molecular formula is C66H101N15O17. The minimum absolute atomic E-state index is 0.120. The Morgan fingerprint density at radius 3 is 1.49 bits per heavy atom. The highest BCUT2D eigenvalue weighted by molar-refractivity contribution is 6.01. The fourth-order valence-electron chi connectivity index (χ4n) is 10.4. The number of hydrogen-bond donors (Lipinski definition) is 18. The van der Waals surface area contributed by atoms with E-state index >= 15 is 0 Å². The lowest BCUT2D eigenvalue weighted by Gasteiger charge is -2.28. The molecule has 3 aromatic rings. The minimum Gasteiger partial charge on any atom is -0.480 e. The smallest absolute Gasteiger partial charge is 0.326 e. The van der Waals surface area contributed by atoms with Crippen LogP contribution in [0.25, 0.3) is 10.9 Å². The fourth-order valence-corrected chi connectivity index (χ4v) is 10.4. The molecule has 0 fully saturated rings. The van der Waals surface area contributed by atoms with Crippen LogP contribution >= 0.6 is 0 Å². The summed E-state index contributed by atoms with van der Waals surface area (Å²) in [5, 5.41) is 56.2. The number of carboxylic acid groups (broad SMARTS) is 1. The normalized spacial score (nSPS) is 14.9. The van der Waals surface area contributed by atoms with E-state index in [2.05, 4.69) is 72.0 Å². The molecule has 13 amide bonds. The molecule has 0 bridgehead atoms. The number of aliphatic carboxylic acids is 1. The fraction of sp³-hybridized carbons (Fsp3) is 0.576. The van der Waals surface area contributed by atoms with Crippen molar-refractivity contribution < 1.29 is 82.4 Å². The Bertz CT molecular complexity index is 3200. The van der Waals surface area contributed by atoms with Crippen LogP contribution in [0.15, 0.2) is 60.8 Å². The maximum Gasteiger partial charge on any atom is 0.326 e. The summed E-state index contributed by atoms with van der Waals surface area (Å²) in [7, 11) is 0. The SMILES string of the molecule is CCC(C)C(NC(=O)C(Cc1c[nH]c2ccccc12)NC(=O)CNC(=O)C(NC(=O)C(CCCCN)NC(=O)C(CC(N)=O)NC(=O)C(CC(N)=O)NC(=O)C(Cc1ccccc1)NC(=O)C(NC(=O)C(CC(N)=O)NC(=O)CC(O)CCCCCC(C)C)C(C)C)C(C)O)C(=O)O. The Labute approximate surface area is 569 Å². The van der Waals surface area contributed by atoms with Gasteiger partial charge in [-0.05, 0) is 74.1 Å². The van der Waals surface area contributed by atoms with Gasteiger partial charge in [-0.25, -0.2) is 4.79 Å². The lowest BCUT2D eigenvalue weighted by molar-refractivity contribution is -0.143. The van der Waals surface area contributed by atoms with E-state index in [1.807, 2.05) is 0 Å². The van der Waals surface area contributed by atoms with Crippen LogP contribution in [0, 0.1) is 17.8 Å². The van der Waals surface area contributed by atoms with Crippen molar-refractivity contribution in [1.29, 1.82) is 0 Å². The van der Waals surface area contributed by atoms with E-state index in [1.54, 1.807) is 88.5 Å². The van der Waals surface area contributed by atoms with Gasteiger partial charge in [-0.3, -0.25) is 62.3 Å². The molecule has 12 atom stereocenters. The quantitative estimate of drug-likeness (QED) is 0.0265. The predicted molar refractivity (Wildman–Crippen MR) is 359 cm³/mol. The number of carbonyl (C=O) groups is 14. The van der Waals surface area contributed by atoms with Crippen LogP contribution in [0.4, 0.5) is 0 Å². The zero-order valence-corrected chi connectivity index (χ0v) is 56.7. The molecule has 542 valence electrons. The third-order valence-electron chi connectivity index (χ3n) is 16.1. The number of carbonyl (C=O) groups excluding carboxylic acids is 13. The van der Waals surface area contributed by atoms with Gasteiger partial charge in [0.1, 0.15) is 54.4 Å². The number of benzene rings is 2. The second-order valence-corrected chi connectivity index (χ2v) is 25.3. The third kappa shape index (κ3) is 29.4. The number of primary amides is 3. The second-order valence-electron chi connectivity index (χ2n) is 25.3. The van der Waals surface area contributed by atoms with Crippen molar-refractivity contribution in [3.8, 4) is 0 Å². The van der Waals surface area contributed by atoms with E-state index in [0.717, 1.165) is 31.7 Å². The van der Waals surface area contributed by atoms with Crippen LogP contribution in [-0.4, -0.2) is 183 Å². The number of carboxylic acids is 1. The van der Waals surface area contributed by atoms with Crippen molar-refractivity contribution in [2.75, 3.05) is 13.1 Å². The summed E-state index contributed by atoms with van der Waals surface area (Å²) >= 11 is 0. The lowest BCUT2D eigenvalue weighted by atomic mass is 9.98. The highest BCUT2D eigenvalue weighted by Crippen LogP contribution is 2.20. The maximum atomic E-state index is 14.4. The molecule has 12 unspecified atom stereocenters. The van der Waals surface area contributed by atoms with Crippen LogP contribution in [0.1, 0.15) is 143 Å². The van der Waals surface area contributed by atoms with Crippen molar-refractivity contribution in [1.82, 2.24) is 58.2 Å². The summed E-state index contributed by atoms with van der Waals surface area (Å²) in [6, 6.07) is 0.552. The molecule has 1 heterocycles. The molecule has 0 spiro atoms. The number of para-hydroxylation sites is 1. The van der Waals surface area contributed by atoms with Crippen LogP contribution < -0.4 is 76.1 Å². The first kappa shape index (κ1) is 82.7. The monoisotopic (exact) mass is 1380 g/mol. The van der Waals surface area contributed by atoms with Crippen LogP contribution in [-0.2, 0) is 80.0 Å². The number of H-pyrrole nitrogens is 1. The standard InChI is InChI=1S/C66H101N15O17/c1-8-37(6)56(66(97)98)80-62(93)46(28-40-33-71-43-24-16-15-23-42(40)43)74-54(88)34-72-64(95)57(38(7)82)81-58(89)44(25-17-18-26-67)75-60(91)48(31-51(69)85)77-61(92)49(32-52(70)86)76-59(90)45(27-39-20-12-10-13-21-39)78-65(96)55(36(4)5)79-63(94)47(30-50(68)84)73-53(87)29-41(83)22-14-9-11-19-35(2)3/h10,12-13,15-16,20-21,23-24,33,35-38,41,44-49,55-57,71,82-83H,8-9,11,14,17-19,22,25-32,34,67H2,1-7H3,(H2,68,84)(H2,69,85)(H2,70,86)(H,72,95)(H,73,87)(H,74,88)(H,75,91)(H,76,90)(H,77,92)(H,78,96)(H,79,94)(H,80,93)(H,81,89)(H,97,98). The minimum atomic E-state index is -1.95. The van der Waals surface area contributed by atoms with Crippen molar-refractivity contribution in [2.45, 2.75) is 211 Å². The molecule has 0 aliphatic rings. The number of nitrogens with one attached hydrogen (secondary N) is 11. The molecule has 0 aliphatic carbocycles. The molecule has 0 radical (unpaired) electrons. The van der Waals surface area contributed by atoms with Crippen molar-refractivity contribution >= 4 is 93.7 Å². The summed E-state index contributed by atoms with van der Waals surface area (Å²) in [5.41, 5.74) is 24.0. The van der Waals surface area contributed by atoms with Crippen molar-refractivity contribution in [3.63, 3.8) is 0 Å². The Balaban J connectivity index is 1.84. The number of aliphatic hydroxyl groups excluding tert-OH is 2. The molecule has 32 nitrogen and oxygen atoms in total. The molecule has 32 heteroatoms. The van der Waals surface area contributed by atoms with Gasteiger partial charge in [-0.15, -0.1) is 0 Å². The Kier molecular flexibility index (Phi) is 35.6. The Morgan fingerprint density at radius 1 is 0.469 bits per heavy atom. The first-order chi connectivity index (χ1) is 46.2. The zero-order valence-electron chi connectivity index (χ0n) is 56.7. The number of rotatable bonds is 46. The largest absolute Gasteiger partial charge is 0.480 e. The topological polar surface area (TPSA) is 540 Å². The van der Waals surface area contributed by atoms with Gasteiger partial charge < -0.3 is 96.4 Å². The van der Waals surface area contributed by atoms with E-state index in [4.69, 9.17) is 22.9 Å². The summed E-state index contributed by atoms with van der Waals surface area (Å²) in [4.78, 5) is 192. The average Bonchev–Trinajstić information content (AvgIpc) is 1.61. The summed E-state index contributed by atoms with van der Waals surface area (Å²) < 4.78 is 0. The number of aliphatic hydroxyl groups is 2. The molecule has 2 aromatic carbocycles. The number of hydrogen-bond acceptors (Lipinski definition) is 17. The molecule has 3 rings (SSSR count). The maximum absolute atomic E-state index is 14.4. The van der Waals surface area contributed by atoms with Gasteiger partial charge in [0.25, 0.3) is 0 Å². The molecule has 1 aromatic heterocycles. The van der Waals surface area contributed by atoms with Gasteiger partial charge in [0.05, 0.1) is 44.4 Å². The highest BCUT2D eigenvalue weighted by atomic mass is 16.4. The van der Waals surface area contributed by atoms with E-state index in [-0.39, 0.29) is 32.2 Å². The molecule has 0 aliphatic heterocycles. The molecule has 98 heavy (non-hydrogen) atoms. The summed E-state index contributed by atoms with van der Waals surface area (Å²) in [6.45, 7) is 11.1. The Hall–Kier alpha value is -9.56. The molecular weight excluding hydrogens is 1270 g/mol. The van der Waals surface area contributed by atoms with Gasteiger partial charge in [-0.2, -0.15) is 0 Å². The zero-order chi connectivity index (χ0) is 73.3. The van der Waals surface area contributed by atoms with Crippen LogP contribution in [0.5, 0.6) is 0 Å². The first-order valence-corrected chi connectivity index (χ1v) is 33.0. The molecule has 0 saturated carbocycles. The van der Waals surface area contributed by atoms with Gasteiger partial charge in [0.15, 0.2) is 0 Å². The van der Waals surface area contributed by atoms with Gasteiger partial charge in [0.2, 0.25) is 76.8 Å². The van der Waals surface area contributed by atoms with E-state index in [1.165, 1.54) is 0 Å². The summed E-state index contributed by atoms with van der Waals surface area (Å²) in [5.74, 6) is -15.7. The number of aromatic amines is 1. The van der Waals surface area contributed by atoms with Gasteiger partial charge in [-0.1, -0.05) is 122 Å². The van der Waals surface area contributed by atoms with Crippen LogP contribution in [0.3, 0.4) is 0 Å². The average molecular weight is 1380 g/mol. The predicted octanol–water partition coefficient (Wildman–Crippen LogP) is -2.29. The molecule has 22 N–H and O–H groups in total.